The van der Waals surface area contributed by atoms with Gasteiger partial charge in [-0.15, -0.1) is 0 Å². The molecule has 4 rings (SSSR count). The van der Waals surface area contributed by atoms with Crippen molar-refractivity contribution in [3.63, 3.8) is 0 Å². The molecular weight excluding hydrogens is 462 g/mol. The minimum Gasteiger partial charge on any atom is -0.355 e. The molecule has 174 valence electrons. The molecule has 0 radical (unpaired) electrons. The summed E-state index contributed by atoms with van der Waals surface area (Å²) in [6.07, 6.45) is 2.48. The van der Waals surface area contributed by atoms with E-state index < -0.39 is 17.1 Å². The summed E-state index contributed by atoms with van der Waals surface area (Å²) in [7, 11) is 0. The smallest absolute Gasteiger partial charge is 0.282 e. The topological polar surface area (TPSA) is 127 Å². The Bertz CT molecular complexity index is 1220. The van der Waals surface area contributed by atoms with Crippen LogP contribution in [0.4, 0.5) is 17.1 Å². The maximum atomic E-state index is 13.4. The zero-order valence-corrected chi connectivity index (χ0v) is 18.6. The van der Waals surface area contributed by atoms with Crippen molar-refractivity contribution in [3.8, 4) is 0 Å². The van der Waals surface area contributed by atoms with Gasteiger partial charge in [0.1, 0.15) is 11.8 Å². The molecule has 1 unspecified atom stereocenters. The van der Waals surface area contributed by atoms with Gasteiger partial charge >= 0.3 is 0 Å². The molecule has 1 aliphatic heterocycles. The number of ether oxygens (including phenoxy) is 1. The van der Waals surface area contributed by atoms with Crippen LogP contribution in [-0.4, -0.2) is 47.6 Å². The first-order chi connectivity index (χ1) is 16.4. The first-order valence-electron chi connectivity index (χ1n) is 10.4. The van der Waals surface area contributed by atoms with Crippen molar-refractivity contribution in [3.05, 3.63) is 93.3 Å². The lowest BCUT2D eigenvalue weighted by atomic mass is 10.1. The van der Waals surface area contributed by atoms with Crippen molar-refractivity contribution >= 4 is 40.5 Å². The standard InChI is InChI=1S/C23H20ClN5O5/c24-16-4-5-20(29(32)33)19(12-16)22(30)27-17-2-1-3-18(13-17)28(21-14-26-10-11-34-21)23(31)15-6-8-25-9-7-15/h1-9,12-13,21,26H,10-11,14H2,(H,27,30). The average Bonchev–Trinajstić information content (AvgIpc) is 2.85. The highest BCUT2D eigenvalue weighted by atomic mass is 35.5. The maximum absolute atomic E-state index is 13.4. The SMILES string of the molecule is O=C(Nc1cccc(N(C(=O)c2ccncc2)C2CNCCO2)c1)c1cc(Cl)ccc1[N+](=O)[O-]. The molecule has 1 saturated heterocycles. The van der Waals surface area contributed by atoms with Gasteiger partial charge in [0.25, 0.3) is 17.5 Å². The normalized spacial score (nSPS) is 15.4. The number of hydrogen-bond acceptors (Lipinski definition) is 7. The quantitative estimate of drug-likeness (QED) is 0.407. The van der Waals surface area contributed by atoms with E-state index in [1.54, 1.807) is 36.4 Å². The van der Waals surface area contributed by atoms with Crippen LogP contribution in [0.3, 0.4) is 0 Å². The van der Waals surface area contributed by atoms with Crippen molar-refractivity contribution in [2.24, 2.45) is 0 Å². The van der Waals surface area contributed by atoms with Crippen molar-refractivity contribution in [1.82, 2.24) is 10.3 Å². The highest BCUT2D eigenvalue weighted by molar-refractivity contribution is 6.31. The van der Waals surface area contributed by atoms with Gasteiger partial charge in [-0.1, -0.05) is 17.7 Å². The Hall–Kier alpha value is -3.86. The number of morpholine rings is 1. The second-order valence-electron chi connectivity index (χ2n) is 7.36. The van der Waals surface area contributed by atoms with Crippen LogP contribution < -0.4 is 15.5 Å². The minimum absolute atomic E-state index is 0.174. The molecule has 1 atom stereocenters. The van der Waals surface area contributed by atoms with E-state index in [1.807, 2.05) is 0 Å². The Balaban J connectivity index is 1.65. The molecule has 1 fully saturated rings. The van der Waals surface area contributed by atoms with Gasteiger partial charge in [0, 0.05) is 53.5 Å². The lowest BCUT2D eigenvalue weighted by molar-refractivity contribution is -0.385. The molecule has 0 spiro atoms. The molecule has 0 aliphatic carbocycles. The zero-order chi connectivity index (χ0) is 24.1. The van der Waals surface area contributed by atoms with E-state index in [2.05, 4.69) is 15.6 Å². The second kappa shape index (κ2) is 10.4. The van der Waals surface area contributed by atoms with Crippen molar-refractivity contribution < 1.29 is 19.2 Å². The van der Waals surface area contributed by atoms with Gasteiger partial charge in [-0.25, -0.2) is 0 Å². The van der Waals surface area contributed by atoms with E-state index in [1.165, 1.54) is 35.5 Å². The summed E-state index contributed by atoms with van der Waals surface area (Å²) in [6, 6.07) is 13.6. The lowest BCUT2D eigenvalue weighted by Crippen LogP contribution is -2.52. The van der Waals surface area contributed by atoms with Crippen LogP contribution in [0.5, 0.6) is 0 Å². The third-order valence-corrected chi connectivity index (χ3v) is 5.36. The maximum Gasteiger partial charge on any atom is 0.282 e. The molecule has 2 aromatic carbocycles. The molecule has 3 aromatic rings. The largest absolute Gasteiger partial charge is 0.355 e. The molecule has 34 heavy (non-hydrogen) atoms. The molecule has 0 bridgehead atoms. The summed E-state index contributed by atoms with van der Waals surface area (Å²) in [5.74, 6) is -1.00. The van der Waals surface area contributed by atoms with E-state index in [4.69, 9.17) is 16.3 Å². The number of aromatic nitrogens is 1. The number of nitro benzene ring substituents is 1. The van der Waals surface area contributed by atoms with Crippen molar-refractivity contribution in [2.45, 2.75) is 6.23 Å². The monoisotopic (exact) mass is 481 g/mol. The molecule has 10 nitrogen and oxygen atoms in total. The Morgan fingerprint density at radius 3 is 2.68 bits per heavy atom. The number of rotatable bonds is 6. The summed E-state index contributed by atoms with van der Waals surface area (Å²) in [5.41, 5.74) is 0.705. The van der Waals surface area contributed by atoms with Crippen LogP contribution in [-0.2, 0) is 4.74 Å². The summed E-state index contributed by atoms with van der Waals surface area (Å²) >= 11 is 5.94. The van der Waals surface area contributed by atoms with Gasteiger partial charge in [0.05, 0.1) is 11.5 Å². The van der Waals surface area contributed by atoms with Crippen molar-refractivity contribution in [2.75, 3.05) is 29.9 Å². The van der Waals surface area contributed by atoms with Crippen LogP contribution >= 0.6 is 11.6 Å². The number of nitrogens with zero attached hydrogens (tertiary/aromatic N) is 3. The zero-order valence-electron chi connectivity index (χ0n) is 17.8. The molecule has 2 heterocycles. The number of nitrogens with one attached hydrogen (secondary N) is 2. The Morgan fingerprint density at radius 1 is 1.18 bits per heavy atom. The Labute approximate surface area is 199 Å². The minimum atomic E-state index is -0.700. The first-order valence-corrected chi connectivity index (χ1v) is 10.7. The number of nitro groups is 1. The predicted molar refractivity (Wildman–Crippen MR) is 126 cm³/mol. The van der Waals surface area contributed by atoms with E-state index >= 15 is 0 Å². The van der Waals surface area contributed by atoms with E-state index in [9.17, 15) is 19.7 Å². The van der Waals surface area contributed by atoms with Crippen LogP contribution in [0, 0.1) is 10.1 Å². The molecule has 1 aromatic heterocycles. The number of amides is 2. The van der Waals surface area contributed by atoms with Gasteiger partial charge < -0.3 is 15.4 Å². The fraction of sp³-hybridized carbons (Fsp3) is 0.174. The van der Waals surface area contributed by atoms with Gasteiger partial charge in [-0.05, 0) is 42.5 Å². The molecule has 1 aliphatic rings. The van der Waals surface area contributed by atoms with Crippen LogP contribution in [0.2, 0.25) is 5.02 Å². The molecule has 2 amide bonds. The van der Waals surface area contributed by atoms with Gasteiger partial charge in [0.2, 0.25) is 0 Å². The van der Waals surface area contributed by atoms with E-state index in [0.717, 1.165) is 0 Å². The number of hydrogen-bond donors (Lipinski definition) is 2. The van der Waals surface area contributed by atoms with Gasteiger partial charge in [0.15, 0.2) is 0 Å². The third kappa shape index (κ3) is 5.20. The number of carbonyl (C=O) groups is 2. The van der Waals surface area contributed by atoms with E-state index in [0.29, 0.717) is 36.6 Å². The fourth-order valence-corrected chi connectivity index (χ4v) is 3.72. The van der Waals surface area contributed by atoms with Crippen LogP contribution in [0.25, 0.3) is 0 Å². The summed E-state index contributed by atoms with van der Waals surface area (Å²) in [4.78, 5) is 42.3. The Morgan fingerprint density at radius 2 is 1.97 bits per heavy atom. The fourth-order valence-electron chi connectivity index (χ4n) is 3.55. The lowest BCUT2D eigenvalue weighted by Gasteiger charge is -2.34. The number of pyridine rings is 1. The predicted octanol–water partition coefficient (Wildman–Crippen LogP) is 3.49. The average molecular weight is 482 g/mol. The van der Waals surface area contributed by atoms with Gasteiger partial charge in [-0.2, -0.15) is 0 Å². The molecular formula is C23H20ClN5O5. The highest BCUT2D eigenvalue weighted by Gasteiger charge is 2.29. The number of carbonyl (C=O) groups excluding carboxylic acids is 2. The highest BCUT2D eigenvalue weighted by Crippen LogP contribution is 2.27. The van der Waals surface area contributed by atoms with Crippen LogP contribution in [0.15, 0.2) is 67.0 Å². The first kappa shape index (κ1) is 23.3. The third-order valence-electron chi connectivity index (χ3n) is 5.12. The summed E-state index contributed by atoms with van der Waals surface area (Å²) in [6.45, 7) is 1.52. The number of halogens is 1. The molecule has 11 heteroatoms. The summed E-state index contributed by atoms with van der Waals surface area (Å²) < 4.78 is 5.83. The molecule has 2 N–H and O–H groups in total. The summed E-state index contributed by atoms with van der Waals surface area (Å²) in [5, 5.41) is 17.4. The molecule has 0 saturated carbocycles. The number of benzene rings is 2. The number of anilines is 2. The van der Waals surface area contributed by atoms with E-state index in [-0.39, 0.29) is 22.2 Å². The van der Waals surface area contributed by atoms with Crippen molar-refractivity contribution in [1.29, 1.82) is 0 Å². The van der Waals surface area contributed by atoms with Crippen LogP contribution in [0.1, 0.15) is 20.7 Å². The second-order valence-corrected chi connectivity index (χ2v) is 7.80. The van der Waals surface area contributed by atoms with Gasteiger partial charge in [-0.3, -0.25) is 29.6 Å². The Kier molecular flexibility index (Phi) is 7.12.